The van der Waals surface area contributed by atoms with Crippen molar-refractivity contribution in [1.82, 2.24) is 10.3 Å². The molecule has 0 atom stereocenters. The Kier molecular flexibility index (Phi) is 4.15. The molecule has 1 heterocycles. The zero-order valence-corrected chi connectivity index (χ0v) is 13.5. The van der Waals surface area contributed by atoms with Crippen molar-refractivity contribution in [3.63, 3.8) is 0 Å². The van der Waals surface area contributed by atoms with Gasteiger partial charge in [0.1, 0.15) is 0 Å². The molecule has 0 unspecified atom stereocenters. The van der Waals surface area contributed by atoms with Gasteiger partial charge in [-0.05, 0) is 52.8 Å². The summed E-state index contributed by atoms with van der Waals surface area (Å²) < 4.78 is 1.13. The molecule has 0 aliphatic heterocycles. The average Bonchev–Trinajstić information content (AvgIpc) is 2.84. The van der Waals surface area contributed by atoms with Crippen LogP contribution in [0.4, 0.5) is 0 Å². The van der Waals surface area contributed by atoms with Crippen LogP contribution in [0.25, 0.3) is 10.9 Å². The smallest absolute Gasteiger partial charge is 0.0781 e. The molecular weight excluding hydrogens is 332 g/mol. The minimum absolute atomic E-state index is 0.885. The van der Waals surface area contributed by atoms with E-state index in [1.165, 1.54) is 21.4 Å². The fraction of sp³-hybridized carbons (Fsp3) is 0.125. The van der Waals surface area contributed by atoms with Crippen LogP contribution in [0, 0.1) is 0 Å². The third kappa shape index (κ3) is 2.92. The maximum Gasteiger partial charge on any atom is 0.0781 e. The first-order chi connectivity index (χ1) is 9.76. The molecule has 0 radical (unpaired) electrons. The molecule has 4 heteroatoms. The van der Waals surface area contributed by atoms with Crippen LogP contribution in [0.15, 0.2) is 62.9 Å². The number of halogens is 1. The number of hydrogen-bond donors (Lipinski definition) is 2. The number of para-hydroxylation sites is 1. The van der Waals surface area contributed by atoms with Gasteiger partial charge in [0.2, 0.25) is 0 Å². The number of rotatable bonds is 4. The largest absolute Gasteiger partial charge is 0.349 e. The van der Waals surface area contributed by atoms with Crippen LogP contribution in [-0.4, -0.2) is 12.0 Å². The molecule has 2 aromatic carbocycles. The van der Waals surface area contributed by atoms with Crippen LogP contribution in [0.2, 0.25) is 0 Å². The Hall–Kier alpha value is -1.23. The Morgan fingerprint density at radius 1 is 1.15 bits per heavy atom. The Balaban J connectivity index is 1.86. The van der Waals surface area contributed by atoms with Crippen molar-refractivity contribution in [2.24, 2.45) is 0 Å². The summed E-state index contributed by atoms with van der Waals surface area (Å²) in [6.07, 6.45) is 0. The van der Waals surface area contributed by atoms with E-state index in [0.29, 0.717) is 0 Å². The molecule has 0 saturated heterocycles. The maximum atomic E-state index is 3.66. The van der Waals surface area contributed by atoms with E-state index in [9.17, 15) is 0 Å². The highest BCUT2D eigenvalue weighted by Gasteiger charge is 2.06. The van der Waals surface area contributed by atoms with Crippen molar-refractivity contribution >= 4 is 38.6 Å². The highest BCUT2D eigenvalue weighted by atomic mass is 79.9. The summed E-state index contributed by atoms with van der Waals surface area (Å²) in [5.74, 6) is 0. The number of aromatic amines is 1. The summed E-state index contributed by atoms with van der Waals surface area (Å²) in [6, 6.07) is 17.0. The molecule has 102 valence electrons. The zero-order valence-electron chi connectivity index (χ0n) is 11.1. The lowest BCUT2D eigenvalue weighted by Crippen LogP contribution is -2.04. The number of nitrogens with one attached hydrogen (secondary N) is 2. The maximum absolute atomic E-state index is 3.66. The lowest BCUT2D eigenvalue weighted by Gasteiger charge is -2.06. The van der Waals surface area contributed by atoms with E-state index in [-0.39, 0.29) is 0 Å². The van der Waals surface area contributed by atoms with Gasteiger partial charge in [-0.2, -0.15) is 0 Å². The van der Waals surface area contributed by atoms with Crippen LogP contribution >= 0.6 is 27.7 Å². The predicted molar refractivity (Wildman–Crippen MR) is 89.3 cm³/mol. The number of H-pyrrole nitrogens is 1. The first-order valence-corrected chi connectivity index (χ1v) is 8.06. The van der Waals surface area contributed by atoms with Gasteiger partial charge in [0, 0.05) is 26.8 Å². The molecule has 0 saturated carbocycles. The monoisotopic (exact) mass is 346 g/mol. The summed E-state index contributed by atoms with van der Waals surface area (Å²) in [5, 5.41) is 5.57. The van der Waals surface area contributed by atoms with Crippen molar-refractivity contribution < 1.29 is 0 Å². The van der Waals surface area contributed by atoms with Gasteiger partial charge in [-0.3, -0.25) is 0 Å². The predicted octanol–water partition coefficient (Wildman–Crippen LogP) is 4.80. The molecule has 3 rings (SSSR count). The van der Waals surface area contributed by atoms with E-state index < -0.39 is 0 Å². The third-order valence-corrected chi connectivity index (χ3v) is 5.04. The van der Waals surface area contributed by atoms with Gasteiger partial charge in [-0.1, -0.05) is 36.0 Å². The molecule has 0 bridgehead atoms. The van der Waals surface area contributed by atoms with Crippen LogP contribution < -0.4 is 5.32 Å². The summed E-state index contributed by atoms with van der Waals surface area (Å²) >= 11 is 5.40. The van der Waals surface area contributed by atoms with E-state index >= 15 is 0 Å². The topological polar surface area (TPSA) is 27.8 Å². The highest BCUT2D eigenvalue weighted by molar-refractivity contribution is 9.10. The summed E-state index contributed by atoms with van der Waals surface area (Å²) in [7, 11) is 1.96. The molecule has 20 heavy (non-hydrogen) atoms. The highest BCUT2D eigenvalue weighted by Crippen LogP contribution is 2.35. The molecule has 2 N–H and O–H groups in total. The zero-order chi connectivity index (χ0) is 13.9. The average molecular weight is 347 g/mol. The summed E-state index contributed by atoms with van der Waals surface area (Å²) in [5.41, 5.74) is 2.46. The van der Waals surface area contributed by atoms with E-state index in [1.807, 2.05) is 7.05 Å². The standard InChI is InChI=1S/C16H15BrN2S/c1-18-10-11-6-7-15(13(17)8-11)20-16-9-12-4-2-3-5-14(12)19-16/h2-9,18-19H,10H2,1H3. The molecule has 0 spiro atoms. The second-order valence-electron chi connectivity index (χ2n) is 4.62. The lowest BCUT2D eigenvalue weighted by atomic mass is 10.2. The second kappa shape index (κ2) is 6.04. The van der Waals surface area contributed by atoms with Crippen LogP contribution in [-0.2, 0) is 6.54 Å². The number of benzene rings is 2. The van der Waals surface area contributed by atoms with Gasteiger partial charge in [-0.15, -0.1) is 0 Å². The minimum atomic E-state index is 0.885. The van der Waals surface area contributed by atoms with E-state index in [1.54, 1.807) is 11.8 Å². The molecule has 1 aromatic heterocycles. The van der Waals surface area contributed by atoms with Crippen molar-refractivity contribution in [2.45, 2.75) is 16.5 Å². The molecule has 0 fully saturated rings. The normalized spacial score (nSPS) is 11.1. The third-order valence-electron chi connectivity index (χ3n) is 3.10. The molecule has 0 aliphatic carbocycles. The molecular formula is C16H15BrN2S. The molecule has 3 aromatic rings. The Bertz CT molecular complexity index is 703. The van der Waals surface area contributed by atoms with Crippen LogP contribution in [0.3, 0.4) is 0 Å². The Labute approximate surface area is 131 Å². The Morgan fingerprint density at radius 3 is 2.75 bits per heavy atom. The van der Waals surface area contributed by atoms with E-state index in [2.05, 4.69) is 74.8 Å². The number of aromatic nitrogens is 1. The van der Waals surface area contributed by atoms with Crippen molar-refractivity contribution in [1.29, 1.82) is 0 Å². The second-order valence-corrected chi connectivity index (χ2v) is 6.56. The van der Waals surface area contributed by atoms with Gasteiger partial charge in [0.15, 0.2) is 0 Å². The van der Waals surface area contributed by atoms with Crippen molar-refractivity contribution in [2.75, 3.05) is 7.05 Å². The fourth-order valence-corrected chi connectivity index (χ4v) is 3.71. The molecule has 0 aliphatic rings. The van der Waals surface area contributed by atoms with E-state index in [0.717, 1.165) is 16.0 Å². The fourth-order valence-electron chi connectivity index (χ4n) is 2.16. The quantitative estimate of drug-likeness (QED) is 0.709. The lowest BCUT2D eigenvalue weighted by molar-refractivity contribution is 0.816. The van der Waals surface area contributed by atoms with Gasteiger partial charge < -0.3 is 10.3 Å². The van der Waals surface area contributed by atoms with E-state index in [4.69, 9.17) is 0 Å². The minimum Gasteiger partial charge on any atom is -0.349 e. The molecule has 2 nitrogen and oxygen atoms in total. The van der Waals surface area contributed by atoms with Crippen LogP contribution in [0.1, 0.15) is 5.56 Å². The van der Waals surface area contributed by atoms with Crippen molar-refractivity contribution in [3.8, 4) is 0 Å². The number of fused-ring (bicyclic) bond motifs is 1. The van der Waals surface area contributed by atoms with Crippen LogP contribution in [0.5, 0.6) is 0 Å². The van der Waals surface area contributed by atoms with Crippen molar-refractivity contribution in [3.05, 3.63) is 58.6 Å². The van der Waals surface area contributed by atoms with Gasteiger partial charge in [0.25, 0.3) is 0 Å². The first-order valence-electron chi connectivity index (χ1n) is 6.45. The molecule has 0 amide bonds. The van der Waals surface area contributed by atoms with Gasteiger partial charge in [-0.25, -0.2) is 0 Å². The summed E-state index contributed by atoms with van der Waals surface area (Å²) in [6.45, 7) is 0.885. The number of hydrogen-bond acceptors (Lipinski definition) is 2. The van der Waals surface area contributed by atoms with Gasteiger partial charge >= 0.3 is 0 Å². The first kappa shape index (κ1) is 13.7. The Morgan fingerprint density at radius 2 is 2.00 bits per heavy atom. The summed E-state index contributed by atoms with van der Waals surface area (Å²) in [4.78, 5) is 4.66. The van der Waals surface area contributed by atoms with Gasteiger partial charge in [0.05, 0.1) is 5.03 Å². The SMILES string of the molecule is CNCc1ccc(Sc2cc3ccccc3[nH]2)c(Br)c1.